The second-order valence-electron chi connectivity index (χ2n) is 6.04. The third kappa shape index (κ3) is 4.11. The highest BCUT2D eigenvalue weighted by Gasteiger charge is 2.37. The van der Waals surface area contributed by atoms with E-state index in [4.69, 9.17) is 5.11 Å². The van der Waals surface area contributed by atoms with Crippen LogP contribution in [0.5, 0.6) is 0 Å². The van der Waals surface area contributed by atoms with Crippen LogP contribution in [-0.2, 0) is 4.79 Å². The quantitative estimate of drug-likeness (QED) is 0.715. The second-order valence-corrected chi connectivity index (χ2v) is 6.04. The number of rotatable bonds is 5. The second kappa shape index (κ2) is 6.26. The summed E-state index contributed by atoms with van der Waals surface area (Å²) in [4.78, 5) is 22.9. The molecule has 19 heavy (non-hydrogen) atoms. The lowest BCUT2D eigenvalue weighted by atomic mass is 9.93. The number of amides is 2. The SMILES string of the molecule is O=C(O)CC1(NC(=O)NCC2CCCC2)CCCC1. The van der Waals surface area contributed by atoms with Gasteiger partial charge < -0.3 is 15.7 Å². The number of aliphatic carboxylic acids is 1. The maximum absolute atomic E-state index is 11.9. The van der Waals surface area contributed by atoms with Crippen LogP contribution in [-0.4, -0.2) is 29.2 Å². The summed E-state index contributed by atoms with van der Waals surface area (Å²) in [5, 5.41) is 14.8. The van der Waals surface area contributed by atoms with Crippen LogP contribution in [0.2, 0.25) is 0 Å². The Kier molecular flexibility index (Phi) is 4.66. The van der Waals surface area contributed by atoms with Gasteiger partial charge in [-0.3, -0.25) is 4.79 Å². The maximum Gasteiger partial charge on any atom is 0.315 e. The molecule has 2 rings (SSSR count). The predicted molar refractivity (Wildman–Crippen MR) is 71.9 cm³/mol. The van der Waals surface area contributed by atoms with Crippen molar-refractivity contribution in [2.75, 3.05) is 6.54 Å². The van der Waals surface area contributed by atoms with Crippen LogP contribution in [0.25, 0.3) is 0 Å². The Morgan fingerprint density at radius 1 is 1.11 bits per heavy atom. The minimum atomic E-state index is -0.835. The molecule has 0 aromatic carbocycles. The first kappa shape index (κ1) is 14.2. The molecular formula is C14H24N2O3. The molecule has 0 heterocycles. The molecule has 0 aliphatic heterocycles. The van der Waals surface area contributed by atoms with Crippen molar-refractivity contribution in [3.8, 4) is 0 Å². The highest BCUT2D eigenvalue weighted by Crippen LogP contribution is 2.32. The van der Waals surface area contributed by atoms with Gasteiger partial charge in [0, 0.05) is 6.54 Å². The molecule has 5 nitrogen and oxygen atoms in total. The van der Waals surface area contributed by atoms with E-state index in [-0.39, 0.29) is 12.5 Å². The molecule has 2 amide bonds. The largest absolute Gasteiger partial charge is 0.481 e. The zero-order chi connectivity index (χ0) is 13.7. The van der Waals surface area contributed by atoms with E-state index in [1.165, 1.54) is 25.7 Å². The standard InChI is InChI=1S/C14H24N2O3/c17-12(18)9-14(7-3-4-8-14)16-13(19)15-10-11-5-1-2-6-11/h11H,1-10H2,(H,17,18)(H2,15,16,19). The van der Waals surface area contributed by atoms with Gasteiger partial charge in [0.15, 0.2) is 0 Å². The van der Waals surface area contributed by atoms with Crippen LogP contribution in [0.1, 0.15) is 57.8 Å². The number of nitrogens with one attached hydrogen (secondary N) is 2. The third-order valence-corrected chi connectivity index (χ3v) is 4.46. The maximum atomic E-state index is 11.9. The number of hydrogen-bond acceptors (Lipinski definition) is 2. The summed E-state index contributed by atoms with van der Waals surface area (Å²) in [6.07, 6.45) is 8.48. The lowest BCUT2D eigenvalue weighted by Crippen LogP contribution is -2.52. The number of carbonyl (C=O) groups is 2. The summed E-state index contributed by atoms with van der Waals surface area (Å²) < 4.78 is 0. The lowest BCUT2D eigenvalue weighted by molar-refractivity contribution is -0.138. The lowest BCUT2D eigenvalue weighted by Gasteiger charge is -2.29. The van der Waals surface area contributed by atoms with E-state index in [1.54, 1.807) is 0 Å². The fourth-order valence-electron chi connectivity index (χ4n) is 3.42. The van der Waals surface area contributed by atoms with E-state index in [0.717, 1.165) is 32.2 Å². The minimum absolute atomic E-state index is 0.0316. The zero-order valence-electron chi connectivity index (χ0n) is 11.4. The van der Waals surface area contributed by atoms with Crippen molar-refractivity contribution in [1.29, 1.82) is 0 Å². The van der Waals surface area contributed by atoms with Crippen LogP contribution < -0.4 is 10.6 Å². The minimum Gasteiger partial charge on any atom is -0.481 e. The first-order valence-electron chi connectivity index (χ1n) is 7.37. The molecule has 0 saturated heterocycles. The van der Waals surface area contributed by atoms with Crippen molar-refractivity contribution in [2.24, 2.45) is 5.92 Å². The van der Waals surface area contributed by atoms with Crippen molar-refractivity contribution in [3.63, 3.8) is 0 Å². The molecule has 108 valence electrons. The van der Waals surface area contributed by atoms with Crippen molar-refractivity contribution in [2.45, 2.75) is 63.3 Å². The Morgan fingerprint density at radius 3 is 2.32 bits per heavy atom. The van der Waals surface area contributed by atoms with E-state index in [2.05, 4.69) is 10.6 Å². The van der Waals surface area contributed by atoms with Crippen molar-refractivity contribution < 1.29 is 14.7 Å². The smallest absolute Gasteiger partial charge is 0.315 e. The molecule has 0 atom stereocenters. The summed E-state index contributed by atoms with van der Waals surface area (Å²) in [5.74, 6) is -0.234. The van der Waals surface area contributed by atoms with Crippen LogP contribution in [0.4, 0.5) is 4.79 Å². The van der Waals surface area contributed by atoms with Crippen LogP contribution >= 0.6 is 0 Å². The summed E-state index contributed by atoms with van der Waals surface area (Å²) in [5.41, 5.74) is -0.522. The molecule has 0 unspecified atom stereocenters. The van der Waals surface area contributed by atoms with Gasteiger partial charge in [-0.1, -0.05) is 25.7 Å². The van der Waals surface area contributed by atoms with Crippen LogP contribution in [0, 0.1) is 5.92 Å². The van der Waals surface area contributed by atoms with Gasteiger partial charge in [0.1, 0.15) is 0 Å². The zero-order valence-corrected chi connectivity index (χ0v) is 11.4. The molecule has 2 aliphatic rings. The summed E-state index contributed by atoms with van der Waals surface area (Å²) in [6.45, 7) is 0.717. The molecule has 2 fully saturated rings. The van der Waals surface area contributed by atoms with Gasteiger partial charge in [-0.05, 0) is 31.6 Å². The average molecular weight is 268 g/mol. The summed E-state index contributed by atoms with van der Waals surface area (Å²) >= 11 is 0. The molecule has 0 spiro atoms. The summed E-state index contributed by atoms with van der Waals surface area (Å²) in [7, 11) is 0. The Hall–Kier alpha value is -1.26. The normalized spacial score (nSPS) is 22.3. The number of hydrogen-bond donors (Lipinski definition) is 3. The highest BCUT2D eigenvalue weighted by atomic mass is 16.4. The van der Waals surface area contributed by atoms with E-state index >= 15 is 0 Å². The molecule has 0 aromatic rings. The van der Waals surface area contributed by atoms with E-state index in [1.807, 2.05) is 0 Å². The van der Waals surface area contributed by atoms with Crippen molar-refractivity contribution in [3.05, 3.63) is 0 Å². The number of carboxylic acid groups (broad SMARTS) is 1. The molecule has 0 aromatic heterocycles. The number of carboxylic acids is 1. The fraction of sp³-hybridized carbons (Fsp3) is 0.857. The Balaban J connectivity index is 1.79. The molecule has 0 radical (unpaired) electrons. The Labute approximate surface area is 114 Å². The molecular weight excluding hydrogens is 244 g/mol. The van der Waals surface area contributed by atoms with Crippen molar-refractivity contribution >= 4 is 12.0 Å². The Bertz CT molecular complexity index is 332. The van der Waals surface area contributed by atoms with Crippen molar-refractivity contribution in [1.82, 2.24) is 10.6 Å². The van der Waals surface area contributed by atoms with Crippen LogP contribution in [0.3, 0.4) is 0 Å². The monoisotopic (exact) mass is 268 g/mol. The first-order valence-corrected chi connectivity index (χ1v) is 7.37. The number of carbonyl (C=O) groups excluding carboxylic acids is 1. The molecule has 3 N–H and O–H groups in total. The first-order chi connectivity index (χ1) is 9.10. The predicted octanol–water partition coefficient (Wildman–Crippen LogP) is 2.26. The summed E-state index contributed by atoms with van der Waals surface area (Å²) in [6, 6.07) is -0.199. The Morgan fingerprint density at radius 2 is 1.74 bits per heavy atom. The van der Waals surface area contributed by atoms with Crippen LogP contribution in [0.15, 0.2) is 0 Å². The molecule has 2 saturated carbocycles. The van der Waals surface area contributed by atoms with Gasteiger partial charge in [0.05, 0.1) is 12.0 Å². The van der Waals surface area contributed by atoms with Gasteiger partial charge in [-0.15, -0.1) is 0 Å². The molecule has 2 aliphatic carbocycles. The van der Waals surface area contributed by atoms with E-state index in [9.17, 15) is 9.59 Å². The van der Waals surface area contributed by atoms with Gasteiger partial charge in [-0.25, -0.2) is 4.79 Å². The fourth-order valence-corrected chi connectivity index (χ4v) is 3.42. The molecule has 5 heteroatoms. The van der Waals surface area contributed by atoms with E-state index in [0.29, 0.717) is 5.92 Å². The highest BCUT2D eigenvalue weighted by molar-refractivity contribution is 5.76. The van der Waals surface area contributed by atoms with E-state index < -0.39 is 11.5 Å². The number of urea groups is 1. The molecule has 0 bridgehead atoms. The topological polar surface area (TPSA) is 78.4 Å². The van der Waals surface area contributed by atoms with Gasteiger partial charge >= 0.3 is 12.0 Å². The third-order valence-electron chi connectivity index (χ3n) is 4.46. The average Bonchev–Trinajstić information content (AvgIpc) is 2.97. The van der Waals surface area contributed by atoms with Gasteiger partial charge in [0.25, 0.3) is 0 Å². The van der Waals surface area contributed by atoms with Gasteiger partial charge in [-0.2, -0.15) is 0 Å². The van der Waals surface area contributed by atoms with Gasteiger partial charge in [0.2, 0.25) is 0 Å².